The van der Waals surface area contributed by atoms with Crippen molar-refractivity contribution in [3.05, 3.63) is 28.8 Å². The SMILES string of the molecule is N#Cc1cc(C(=O)O)c(OC(F)(F)F)cc1CN. The molecule has 18 heavy (non-hydrogen) atoms. The molecule has 0 aliphatic heterocycles. The lowest BCUT2D eigenvalue weighted by Gasteiger charge is -2.13. The molecular formula is C10H7F3N2O3. The van der Waals surface area contributed by atoms with E-state index in [9.17, 15) is 18.0 Å². The van der Waals surface area contributed by atoms with Gasteiger partial charge in [0.05, 0.1) is 11.6 Å². The molecule has 0 saturated heterocycles. The Morgan fingerprint density at radius 1 is 1.50 bits per heavy atom. The second kappa shape index (κ2) is 4.93. The first kappa shape index (κ1) is 13.8. The number of hydrogen-bond acceptors (Lipinski definition) is 4. The van der Waals surface area contributed by atoms with Crippen LogP contribution >= 0.6 is 0 Å². The fraction of sp³-hybridized carbons (Fsp3) is 0.200. The van der Waals surface area contributed by atoms with Crippen LogP contribution in [0.1, 0.15) is 21.5 Å². The first-order chi connectivity index (χ1) is 8.28. The van der Waals surface area contributed by atoms with E-state index in [1.54, 1.807) is 6.07 Å². The Morgan fingerprint density at radius 3 is 2.50 bits per heavy atom. The van der Waals surface area contributed by atoms with E-state index in [0.29, 0.717) is 0 Å². The normalized spacial score (nSPS) is 10.8. The van der Waals surface area contributed by atoms with E-state index in [-0.39, 0.29) is 17.7 Å². The molecule has 8 heteroatoms. The van der Waals surface area contributed by atoms with Crippen molar-refractivity contribution < 1.29 is 27.8 Å². The summed E-state index contributed by atoms with van der Waals surface area (Å²) < 4.78 is 39.9. The summed E-state index contributed by atoms with van der Waals surface area (Å²) >= 11 is 0. The van der Waals surface area contributed by atoms with E-state index in [1.165, 1.54) is 0 Å². The second-order valence-electron chi connectivity index (χ2n) is 3.17. The highest BCUT2D eigenvalue weighted by atomic mass is 19.4. The summed E-state index contributed by atoms with van der Waals surface area (Å²) in [4.78, 5) is 10.8. The Hall–Kier alpha value is -2.27. The van der Waals surface area contributed by atoms with Crippen molar-refractivity contribution >= 4 is 5.97 Å². The van der Waals surface area contributed by atoms with E-state index >= 15 is 0 Å². The standard InChI is InChI=1S/C10H7F3N2O3/c11-10(12,13)18-8-2-6(4-15)5(3-14)1-7(8)9(16)17/h1-2H,4,15H2,(H,16,17). The molecule has 3 N–H and O–H groups in total. The van der Waals surface area contributed by atoms with Crippen molar-refractivity contribution in [2.75, 3.05) is 0 Å². The van der Waals surface area contributed by atoms with Gasteiger partial charge < -0.3 is 15.6 Å². The largest absolute Gasteiger partial charge is 0.573 e. The van der Waals surface area contributed by atoms with Crippen LogP contribution in [0.4, 0.5) is 13.2 Å². The first-order valence-corrected chi connectivity index (χ1v) is 4.54. The minimum absolute atomic E-state index is 0.0711. The Balaban J connectivity index is 3.39. The molecule has 0 unspecified atom stereocenters. The van der Waals surface area contributed by atoms with E-state index in [4.69, 9.17) is 16.1 Å². The summed E-state index contributed by atoms with van der Waals surface area (Å²) in [7, 11) is 0. The molecule has 1 aromatic carbocycles. The molecule has 0 spiro atoms. The van der Waals surface area contributed by atoms with Crippen LogP contribution in [0.3, 0.4) is 0 Å². The highest BCUT2D eigenvalue weighted by molar-refractivity contribution is 5.91. The average Bonchev–Trinajstić information content (AvgIpc) is 2.25. The molecular weight excluding hydrogens is 253 g/mol. The fourth-order valence-electron chi connectivity index (χ4n) is 1.27. The van der Waals surface area contributed by atoms with Gasteiger partial charge in [-0.2, -0.15) is 5.26 Å². The summed E-state index contributed by atoms with van der Waals surface area (Å²) in [5, 5.41) is 17.5. The highest BCUT2D eigenvalue weighted by Gasteiger charge is 2.33. The monoisotopic (exact) mass is 260 g/mol. The van der Waals surface area contributed by atoms with Gasteiger partial charge in [0, 0.05) is 6.54 Å². The van der Waals surface area contributed by atoms with Gasteiger partial charge in [-0.25, -0.2) is 4.79 Å². The molecule has 1 aromatic rings. The van der Waals surface area contributed by atoms with Crippen LogP contribution in [0.15, 0.2) is 12.1 Å². The van der Waals surface area contributed by atoms with Crippen molar-refractivity contribution in [3.63, 3.8) is 0 Å². The maximum Gasteiger partial charge on any atom is 0.573 e. The molecule has 0 aliphatic rings. The third-order valence-corrected chi connectivity index (χ3v) is 2.00. The van der Waals surface area contributed by atoms with Crippen LogP contribution in [-0.4, -0.2) is 17.4 Å². The molecule has 0 heterocycles. The van der Waals surface area contributed by atoms with Gasteiger partial charge in [-0.05, 0) is 17.7 Å². The number of alkyl halides is 3. The lowest BCUT2D eigenvalue weighted by Crippen LogP contribution is -2.19. The molecule has 96 valence electrons. The van der Waals surface area contributed by atoms with Crippen molar-refractivity contribution in [2.45, 2.75) is 12.9 Å². The predicted molar refractivity (Wildman–Crippen MR) is 52.7 cm³/mol. The van der Waals surface area contributed by atoms with Crippen LogP contribution < -0.4 is 10.5 Å². The van der Waals surface area contributed by atoms with Gasteiger partial charge in [0.1, 0.15) is 11.3 Å². The smallest absolute Gasteiger partial charge is 0.478 e. The van der Waals surface area contributed by atoms with Crippen molar-refractivity contribution in [1.82, 2.24) is 0 Å². The van der Waals surface area contributed by atoms with Gasteiger partial charge in [-0.15, -0.1) is 13.2 Å². The Morgan fingerprint density at radius 2 is 2.11 bits per heavy atom. The first-order valence-electron chi connectivity index (χ1n) is 4.54. The molecule has 0 saturated carbocycles. The zero-order chi connectivity index (χ0) is 13.9. The number of halogens is 3. The number of nitrogens with zero attached hydrogens (tertiary/aromatic N) is 1. The number of carbonyl (C=O) groups is 1. The summed E-state index contributed by atoms with van der Waals surface area (Å²) in [6.07, 6.45) is -5.02. The van der Waals surface area contributed by atoms with Crippen LogP contribution in [-0.2, 0) is 6.54 Å². The molecule has 0 radical (unpaired) electrons. The molecule has 0 amide bonds. The van der Waals surface area contributed by atoms with Gasteiger partial charge in [-0.3, -0.25) is 0 Å². The molecule has 0 fully saturated rings. The van der Waals surface area contributed by atoms with Gasteiger partial charge in [0.25, 0.3) is 0 Å². The maximum atomic E-state index is 12.1. The van der Waals surface area contributed by atoms with Gasteiger partial charge in [0.2, 0.25) is 0 Å². The lowest BCUT2D eigenvalue weighted by atomic mass is 10.0. The third-order valence-electron chi connectivity index (χ3n) is 2.00. The Kier molecular flexibility index (Phi) is 3.78. The molecule has 0 atom stereocenters. The highest BCUT2D eigenvalue weighted by Crippen LogP contribution is 2.29. The van der Waals surface area contributed by atoms with Crippen LogP contribution in [0.2, 0.25) is 0 Å². The number of nitriles is 1. The molecule has 0 aliphatic carbocycles. The minimum atomic E-state index is -5.02. The number of nitrogens with two attached hydrogens (primary N) is 1. The van der Waals surface area contributed by atoms with Crippen molar-refractivity contribution in [3.8, 4) is 11.8 Å². The third kappa shape index (κ3) is 3.11. The quantitative estimate of drug-likeness (QED) is 0.860. The minimum Gasteiger partial charge on any atom is -0.478 e. The number of benzene rings is 1. The topological polar surface area (TPSA) is 96.3 Å². The predicted octanol–water partition coefficient (Wildman–Crippen LogP) is 1.61. The summed E-state index contributed by atoms with van der Waals surface area (Å²) in [5.41, 5.74) is 4.46. The summed E-state index contributed by atoms with van der Waals surface area (Å²) in [6, 6.07) is 3.25. The molecule has 5 nitrogen and oxygen atoms in total. The van der Waals surface area contributed by atoms with E-state index < -0.39 is 23.6 Å². The van der Waals surface area contributed by atoms with Crippen LogP contribution in [0.25, 0.3) is 0 Å². The van der Waals surface area contributed by atoms with Gasteiger partial charge in [0.15, 0.2) is 0 Å². The molecule has 0 aromatic heterocycles. The number of rotatable bonds is 3. The van der Waals surface area contributed by atoms with E-state index in [1.807, 2.05) is 0 Å². The maximum absolute atomic E-state index is 12.1. The number of aromatic carboxylic acids is 1. The average molecular weight is 260 g/mol. The van der Waals surface area contributed by atoms with Crippen LogP contribution in [0.5, 0.6) is 5.75 Å². The Labute approximate surface area is 99.2 Å². The van der Waals surface area contributed by atoms with Crippen LogP contribution in [0, 0.1) is 11.3 Å². The number of carboxylic acid groups (broad SMARTS) is 1. The second-order valence-corrected chi connectivity index (χ2v) is 3.17. The van der Waals surface area contributed by atoms with Gasteiger partial charge in [-0.1, -0.05) is 0 Å². The van der Waals surface area contributed by atoms with E-state index in [2.05, 4.69) is 4.74 Å². The Bertz CT molecular complexity index is 520. The van der Waals surface area contributed by atoms with Gasteiger partial charge >= 0.3 is 12.3 Å². The zero-order valence-electron chi connectivity index (χ0n) is 8.78. The lowest BCUT2D eigenvalue weighted by molar-refractivity contribution is -0.274. The summed E-state index contributed by atoms with van der Waals surface area (Å²) in [6.45, 7) is -0.211. The fourth-order valence-corrected chi connectivity index (χ4v) is 1.27. The zero-order valence-corrected chi connectivity index (χ0v) is 8.78. The number of ether oxygens (including phenoxy) is 1. The van der Waals surface area contributed by atoms with Crippen molar-refractivity contribution in [2.24, 2.45) is 5.73 Å². The number of carboxylic acids is 1. The number of hydrogen-bond donors (Lipinski definition) is 2. The molecule has 1 rings (SSSR count). The summed E-state index contributed by atoms with van der Waals surface area (Å²) in [5.74, 6) is -2.52. The van der Waals surface area contributed by atoms with E-state index in [0.717, 1.165) is 12.1 Å². The molecule has 0 bridgehead atoms. The van der Waals surface area contributed by atoms with Crippen molar-refractivity contribution in [1.29, 1.82) is 5.26 Å².